The van der Waals surface area contributed by atoms with Gasteiger partial charge in [0.1, 0.15) is 11.6 Å². The summed E-state index contributed by atoms with van der Waals surface area (Å²) in [5, 5.41) is 2.75. The van der Waals surface area contributed by atoms with E-state index in [2.05, 4.69) is 16.9 Å². The third-order valence-electron chi connectivity index (χ3n) is 4.83. The van der Waals surface area contributed by atoms with E-state index in [1.165, 1.54) is 24.3 Å². The molecule has 0 spiro atoms. The van der Waals surface area contributed by atoms with E-state index >= 15 is 0 Å². The molecule has 1 aliphatic rings. The number of hydrogen-bond donors (Lipinski definition) is 2. The van der Waals surface area contributed by atoms with Crippen LogP contribution in [-0.2, 0) is 4.79 Å². The minimum absolute atomic E-state index is 0.296. The minimum atomic E-state index is -0.412. The third-order valence-corrected chi connectivity index (χ3v) is 4.83. The number of aryl methyl sites for hydroxylation is 1. The molecule has 0 unspecified atom stereocenters. The summed E-state index contributed by atoms with van der Waals surface area (Å²) in [5.74, 6) is -1.03. The zero-order valence-electron chi connectivity index (χ0n) is 15.5. The highest BCUT2D eigenvalue weighted by molar-refractivity contribution is 6.35. The van der Waals surface area contributed by atoms with Gasteiger partial charge in [-0.3, -0.25) is 4.79 Å². The Labute approximate surface area is 161 Å². The Morgan fingerprint density at radius 3 is 2.43 bits per heavy atom. The number of halogens is 2. The van der Waals surface area contributed by atoms with Gasteiger partial charge in [-0.05, 0) is 61.4 Å². The van der Waals surface area contributed by atoms with E-state index in [0.29, 0.717) is 22.5 Å². The molecule has 0 radical (unpaired) electrons. The lowest BCUT2D eigenvalue weighted by molar-refractivity contribution is -0.110. The first-order valence-electron chi connectivity index (χ1n) is 8.82. The van der Waals surface area contributed by atoms with Crippen LogP contribution in [0.3, 0.4) is 0 Å². The maximum absolute atomic E-state index is 13.7. The van der Waals surface area contributed by atoms with E-state index in [1.807, 2.05) is 13.8 Å². The van der Waals surface area contributed by atoms with Gasteiger partial charge in [-0.1, -0.05) is 18.7 Å². The van der Waals surface area contributed by atoms with Crippen molar-refractivity contribution in [2.24, 2.45) is 0 Å². The lowest BCUT2D eigenvalue weighted by Gasteiger charge is -2.07. The second kappa shape index (κ2) is 6.60. The summed E-state index contributed by atoms with van der Waals surface area (Å²) in [6.45, 7) is 7.87. The molecule has 4 rings (SSSR count). The van der Waals surface area contributed by atoms with Gasteiger partial charge in [0.15, 0.2) is 0 Å². The fraction of sp³-hybridized carbons (Fsp3) is 0.0870. The molecule has 140 valence electrons. The zero-order chi connectivity index (χ0) is 20.0. The Hall–Kier alpha value is -3.47. The van der Waals surface area contributed by atoms with E-state index < -0.39 is 5.82 Å². The predicted molar refractivity (Wildman–Crippen MR) is 109 cm³/mol. The number of benzene rings is 2. The molecule has 0 bridgehead atoms. The fourth-order valence-corrected chi connectivity index (χ4v) is 3.66. The van der Waals surface area contributed by atoms with Gasteiger partial charge in [0, 0.05) is 33.8 Å². The van der Waals surface area contributed by atoms with Crippen LogP contribution in [0, 0.1) is 18.6 Å². The molecule has 5 heteroatoms. The van der Waals surface area contributed by atoms with Gasteiger partial charge < -0.3 is 10.3 Å². The zero-order valence-corrected chi connectivity index (χ0v) is 15.5. The van der Waals surface area contributed by atoms with E-state index in [-0.39, 0.29) is 11.7 Å². The molecule has 2 heterocycles. The molecule has 0 saturated heterocycles. The number of H-pyrrole nitrogens is 1. The number of carbonyl (C=O) groups excluding carboxylic acids is 1. The average molecular weight is 376 g/mol. The predicted octanol–water partition coefficient (Wildman–Crippen LogP) is 5.79. The third kappa shape index (κ3) is 2.95. The molecular weight excluding hydrogens is 358 g/mol. The summed E-state index contributed by atoms with van der Waals surface area (Å²) in [4.78, 5) is 15.8. The molecule has 2 aromatic carbocycles. The molecule has 3 aromatic rings. The summed E-state index contributed by atoms with van der Waals surface area (Å²) in [5.41, 5.74) is 6.41. The Balaban J connectivity index is 1.95. The van der Waals surface area contributed by atoms with Crippen molar-refractivity contribution < 1.29 is 13.6 Å². The number of carbonyl (C=O) groups is 1. The second-order valence-electron chi connectivity index (χ2n) is 6.90. The molecule has 0 atom stereocenters. The first-order valence-corrected chi connectivity index (χ1v) is 8.82. The largest absolute Gasteiger partial charge is 0.358 e. The molecule has 0 saturated carbocycles. The van der Waals surface area contributed by atoms with Crippen LogP contribution in [-0.4, -0.2) is 10.9 Å². The number of rotatable bonds is 3. The van der Waals surface area contributed by atoms with Crippen LogP contribution < -0.4 is 5.32 Å². The quantitative estimate of drug-likeness (QED) is 0.558. The van der Waals surface area contributed by atoms with Crippen molar-refractivity contribution in [2.75, 3.05) is 5.32 Å². The van der Waals surface area contributed by atoms with Gasteiger partial charge in [-0.15, -0.1) is 0 Å². The number of allylic oxidation sites excluding steroid dienone is 1. The normalized spacial score (nSPS) is 14.3. The molecule has 2 N–H and O–H groups in total. The molecule has 0 aliphatic carbocycles. The van der Waals surface area contributed by atoms with E-state index in [0.717, 1.165) is 28.0 Å². The molecule has 0 fully saturated rings. The highest BCUT2D eigenvalue weighted by atomic mass is 19.1. The van der Waals surface area contributed by atoms with E-state index in [1.54, 1.807) is 24.3 Å². The van der Waals surface area contributed by atoms with Gasteiger partial charge in [-0.25, -0.2) is 8.78 Å². The summed E-state index contributed by atoms with van der Waals surface area (Å²) < 4.78 is 27.2. The van der Waals surface area contributed by atoms with Gasteiger partial charge in [-0.2, -0.15) is 0 Å². The van der Waals surface area contributed by atoms with Crippen molar-refractivity contribution in [3.63, 3.8) is 0 Å². The number of fused-ring (bicyclic) bond motifs is 1. The van der Waals surface area contributed by atoms with Crippen LogP contribution >= 0.6 is 0 Å². The molecule has 3 nitrogen and oxygen atoms in total. The van der Waals surface area contributed by atoms with Crippen molar-refractivity contribution in [3.05, 3.63) is 83.2 Å². The monoisotopic (exact) mass is 376 g/mol. The summed E-state index contributed by atoms with van der Waals surface area (Å²) >= 11 is 0. The highest BCUT2D eigenvalue weighted by Gasteiger charge is 2.26. The highest BCUT2D eigenvalue weighted by Crippen LogP contribution is 2.39. The van der Waals surface area contributed by atoms with Gasteiger partial charge in [0.05, 0.1) is 5.57 Å². The number of anilines is 1. The first kappa shape index (κ1) is 17.9. The molecule has 1 aliphatic heterocycles. The van der Waals surface area contributed by atoms with Gasteiger partial charge in [0.2, 0.25) is 0 Å². The number of aromatic amines is 1. The Bertz CT molecular complexity index is 1150. The van der Waals surface area contributed by atoms with Crippen molar-refractivity contribution >= 4 is 28.8 Å². The summed E-state index contributed by atoms with van der Waals surface area (Å²) in [6, 6.07) is 10.4. The lowest BCUT2D eigenvalue weighted by atomic mass is 9.95. The molecule has 28 heavy (non-hydrogen) atoms. The van der Waals surface area contributed by atoms with Crippen molar-refractivity contribution in [1.29, 1.82) is 0 Å². The van der Waals surface area contributed by atoms with Gasteiger partial charge >= 0.3 is 0 Å². The first-order chi connectivity index (χ1) is 13.3. The van der Waals surface area contributed by atoms with Crippen LogP contribution in [0.1, 0.15) is 29.4 Å². The fourth-order valence-electron chi connectivity index (χ4n) is 3.66. The second-order valence-corrected chi connectivity index (χ2v) is 6.90. The number of hydrogen-bond acceptors (Lipinski definition) is 1. The van der Waals surface area contributed by atoms with E-state index in [4.69, 9.17) is 0 Å². The van der Waals surface area contributed by atoms with Crippen molar-refractivity contribution in [3.8, 4) is 11.1 Å². The Kier molecular flexibility index (Phi) is 4.23. The molecule has 1 aromatic heterocycles. The Morgan fingerprint density at radius 1 is 1.07 bits per heavy atom. The minimum Gasteiger partial charge on any atom is -0.358 e. The van der Waals surface area contributed by atoms with Crippen LogP contribution in [0.5, 0.6) is 0 Å². The van der Waals surface area contributed by atoms with Gasteiger partial charge in [0.25, 0.3) is 5.91 Å². The van der Waals surface area contributed by atoms with E-state index in [9.17, 15) is 13.6 Å². The maximum atomic E-state index is 13.7. The number of amides is 1. The Morgan fingerprint density at radius 2 is 1.75 bits per heavy atom. The van der Waals surface area contributed by atoms with Crippen LogP contribution in [0.4, 0.5) is 14.5 Å². The maximum Gasteiger partial charge on any atom is 0.256 e. The van der Waals surface area contributed by atoms with Crippen LogP contribution in [0.25, 0.3) is 28.3 Å². The van der Waals surface area contributed by atoms with Crippen molar-refractivity contribution in [2.45, 2.75) is 13.8 Å². The average Bonchev–Trinajstić information content (AvgIpc) is 3.13. The lowest BCUT2D eigenvalue weighted by Crippen LogP contribution is -2.03. The topological polar surface area (TPSA) is 44.9 Å². The smallest absolute Gasteiger partial charge is 0.256 e. The standard InChI is InChI=1S/C23H18F2N2O/c1-12(2)21-13(3)26-20(22(21)14-4-6-15(24)7-5-14)11-18-17-10-16(25)8-9-19(17)27-23(18)28/h4-11,26H,1H2,2-3H3,(H,27,28)/b18-11-. The number of nitrogens with one attached hydrogen (secondary N) is 2. The molecule has 1 amide bonds. The van der Waals surface area contributed by atoms with Crippen LogP contribution in [0.15, 0.2) is 49.0 Å². The molecular formula is C23H18F2N2O. The van der Waals surface area contributed by atoms with Crippen molar-refractivity contribution in [1.82, 2.24) is 4.98 Å². The SMILES string of the molecule is C=C(C)c1c(C)[nH]c(/C=C2\C(=O)Nc3ccc(F)cc32)c1-c1ccc(F)cc1. The summed E-state index contributed by atoms with van der Waals surface area (Å²) in [6.07, 6.45) is 1.71. The summed E-state index contributed by atoms with van der Waals surface area (Å²) in [7, 11) is 0. The number of aromatic nitrogens is 1. The van der Waals surface area contributed by atoms with Crippen LogP contribution in [0.2, 0.25) is 0 Å².